The molecule has 300 valence electrons. The summed E-state index contributed by atoms with van der Waals surface area (Å²) in [5.41, 5.74) is 4.68. The van der Waals surface area contributed by atoms with E-state index in [2.05, 4.69) is 4.98 Å². The topological polar surface area (TPSA) is 107 Å². The molecule has 0 saturated heterocycles. The number of Topliss-reactive ketones (excluding diaryl/α,β-unsaturated/α-hetero) is 2. The van der Waals surface area contributed by atoms with Crippen molar-refractivity contribution >= 4 is 39.6 Å². The maximum absolute atomic E-state index is 14.7. The van der Waals surface area contributed by atoms with Crippen molar-refractivity contribution in [2.24, 2.45) is 0 Å². The molecular formula is C47H38F4N2O6. The summed E-state index contributed by atoms with van der Waals surface area (Å²) in [7, 11) is 0. The van der Waals surface area contributed by atoms with Gasteiger partial charge < -0.3 is 18.6 Å². The van der Waals surface area contributed by atoms with E-state index < -0.39 is 29.1 Å². The zero-order chi connectivity index (χ0) is 42.2. The molecule has 8 aromatic rings. The molecule has 0 bridgehead atoms. The summed E-state index contributed by atoms with van der Waals surface area (Å²) in [6.45, 7) is 8.05. The fraction of sp³-hybridized carbons (Fsp3) is 0.170. The van der Waals surface area contributed by atoms with E-state index >= 15 is 0 Å². The van der Waals surface area contributed by atoms with Gasteiger partial charge in [0.25, 0.3) is 0 Å². The molecule has 0 aliphatic heterocycles. The molecule has 12 heteroatoms. The van der Waals surface area contributed by atoms with Crippen LogP contribution in [0.15, 0.2) is 119 Å². The number of ether oxygens (including phenoxy) is 1. The molecule has 1 N–H and O–H groups in total. The van der Waals surface area contributed by atoms with Crippen molar-refractivity contribution in [2.45, 2.75) is 53.1 Å². The average molecular weight is 803 g/mol. The van der Waals surface area contributed by atoms with Gasteiger partial charge in [-0.1, -0.05) is 24.3 Å². The van der Waals surface area contributed by atoms with Crippen LogP contribution in [-0.4, -0.2) is 32.8 Å². The molecule has 0 amide bonds. The van der Waals surface area contributed by atoms with Gasteiger partial charge >= 0.3 is 6.09 Å². The number of carbonyl (C=O) groups excluding carboxylic acids is 3. The number of fused-ring (bicyclic) bond motifs is 2. The Kier molecular flexibility index (Phi) is 11.0. The number of nitrogens with one attached hydrogen (secondary N) is 1. The summed E-state index contributed by atoms with van der Waals surface area (Å²) in [5, 5.41) is 0.945. The number of carbonyl (C=O) groups is 3. The first-order valence-corrected chi connectivity index (χ1v) is 18.6. The van der Waals surface area contributed by atoms with Crippen molar-refractivity contribution in [3.8, 4) is 22.3 Å². The fourth-order valence-electron chi connectivity index (χ4n) is 6.95. The summed E-state index contributed by atoms with van der Waals surface area (Å²) >= 11 is 0. The lowest BCUT2D eigenvalue weighted by atomic mass is 9.98. The highest BCUT2D eigenvalue weighted by Crippen LogP contribution is 2.38. The number of nitrogens with zero attached hydrogens (tertiary/aromatic N) is 1. The highest BCUT2D eigenvalue weighted by atomic mass is 19.1. The second kappa shape index (κ2) is 16.1. The van der Waals surface area contributed by atoms with Crippen LogP contribution in [0.25, 0.3) is 44.2 Å². The third kappa shape index (κ3) is 8.81. The van der Waals surface area contributed by atoms with Crippen molar-refractivity contribution in [2.75, 3.05) is 0 Å². The van der Waals surface area contributed by atoms with Gasteiger partial charge in [0, 0.05) is 95.6 Å². The molecule has 8 rings (SSSR count). The van der Waals surface area contributed by atoms with E-state index in [4.69, 9.17) is 13.6 Å². The van der Waals surface area contributed by atoms with Gasteiger partial charge in [0.15, 0.2) is 23.1 Å². The number of H-pyrrole nitrogens is 1. The number of hydrogen-bond acceptors (Lipinski definition) is 6. The van der Waals surface area contributed by atoms with Gasteiger partial charge in [0.05, 0.1) is 0 Å². The Morgan fingerprint density at radius 3 is 1.61 bits per heavy atom. The Morgan fingerprint density at radius 1 is 0.661 bits per heavy atom. The molecular weight excluding hydrogens is 765 g/mol. The number of furan rings is 2. The summed E-state index contributed by atoms with van der Waals surface area (Å²) < 4.78 is 74.6. The van der Waals surface area contributed by atoms with Crippen LogP contribution in [0.3, 0.4) is 0 Å². The van der Waals surface area contributed by atoms with Crippen molar-refractivity contribution in [3.05, 3.63) is 167 Å². The van der Waals surface area contributed by atoms with Crippen LogP contribution in [0, 0.1) is 23.3 Å². The van der Waals surface area contributed by atoms with E-state index in [0.29, 0.717) is 60.9 Å². The predicted molar refractivity (Wildman–Crippen MR) is 216 cm³/mol. The Hall–Kier alpha value is -6.95. The quantitative estimate of drug-likeness (QED) is 0.121. The normalized spacial score (nSPS) is 11.5. The Morgan fingerprint density at radius 2 is 1.17 bits per heavy atom. The Balaban J connectivity index is 0.000000184. The van der Waals surface area contributed by atoms with Crippen molar-refractivity contribution in [1.82, 2.24) is 9.55 Å². The minimum absolute atomic E-state index is 0.0905. The van der Waals surface area contributed by atoms with E-state index in [1.165, 1.54) is 79.3 Å². The summed E-state index contributed by atoms with van der Waals surface area (Å²) in [6, 6.07) is 20.9. The third-order valence-electron chi connectivity index (χ3n) is 9.41. The Labute approximate surface area is 336 Å². The highest BCUT2D eigenvalue weighted by Gasteiger charge is 2.25. The first-order valence-electron chi connectivity index (χ1n) is 18.6. The number of benzene rings is 4. The number of aromatic nitrogens is 2. The molecule has 8 nitrogen and oxygen atoms in total. The maximum atomic E-state index is 14.7. The molecule has 0 atom stereocenters. The third-order valence-corrected chi connectivity index (χ3v) is 9.41. The molecule has 0 radical (unpaired) electrons. The second-order valence-electron chi connectivity index (χ2n) is 15.1. The van der Waals surface area contributed by atoms with Gasteiger partial charge in [0.2, 0.25) is 0 Å². The lowest BCUT2D eigenvalue weighted by molar-refractivity contribution is 0.0537. The molecule has 0 fully saturated rings. The van der Waals surface area contributed by atoms with Crippen LogP contribution in [0.2, 0.25) is 0 Å². The number of rotatable bonds is 8. The molecule has 0 aliphatic rings. The van der Waals surface area contributed by atoms with Crippen molar-refractivity contribution < 1.29 is 45.5 Å². The van der Waals surface area contributed by atoms with Gasteiger partial charge in [-0.3, -0.25) is 14.2 Å². The minimum Gasteiger partial charge on any atom is -0.452 e. The molecule has 4 aromatic carbocycles. The first-order chi connectivity index (χ1) is 28.0. The van der Waals surface area contributed by atoms with Crippen LogP contribution in [-0.2, 0) is 17.6 Å². The van der Waals surface area contributed by atoms with Gasteiger partial charge in [-0.25, -0.2) is 22.4 Å². The molecule has 0 aliphatic carbocycles. The van der Waals surface area contributed by atoms with E-state index in [-0.39, 0.29) is 41.7 Å². The monoisotopic (exact) mass is 802 g/mol. The number of aromatic amines is 1. The summed E-state index contributed by atoms with van der Waals surface area (Å²) in [6.07, 6.45) is 6.40. The second-order valence-corrected chi connectivity index (χ2v) is 15.1. The Bertz CT molecular complexity index is 2880. The van der Waals surface area contributed by atoms with E-state index in [1.807, 2.05) is 0 Å². The van der Waals surface area contributed by atoms with Crippen LogP contribution in [0.1, 0.15) is 78.0 Å². The maximum Gasteiger partial charge on any atom is 0.418 e. The smallest absolute Gasteiger partial charge is 0.418 e. The molecule has 0 saturated carbocycles. The van der Waals surface area contributed by atoms with Gasteiger partial charge in [0.1, 0.15) is 40.0 Å². The van der Waals surface area contributed by atoms with Crippen LogP contribution in [0.5, 0.6) is 0 Å². The fourth-order valence-corrected chi connectivity index (χ4v) is 6.95. The van der Waals surface area contributed by atoms with E-state index in [1.54, 1.807) is 69.6 Å². The minimum atomic E-state index is -0.670. The standard InChI is InChI=1S/C26H23F2NO4.C21H15F2NO2/c1-15(30)23-21(11-16-6-5-7-18(27)10-16)22-13-19(28)12-20(24(22)32-23)17-8-9-29(14-17)25(31)33-26(2,3)4;1-12(25)20-18(8-13-3-2-4-15(22)7-13)19-10-16(23)9-17(21(19)26-20)14-5-6-24-11-14/h5-10,12-14H,11H2,1-4H3;2-7,9-11,24H,8H2,1H3. The largest absolute Gasteiger partial charge is 0.452 e. The molecule has 0 spiro atoms. The number of hydrogen-bond donors (Lipinski definition) is 1. The molecule has 0 unspecified atom stereocenters. The number of ketones is 2. The zero-order valence-corrected chi connectivity index (χ0v) is 32.7. The van der Waals surface area contributed by atoms with Gasteiger partial charge in [-0.2, -0.15) is 0 Å². The number of halogens is 4. The van der Waals surface area contributed by atoms with Crippen LogP contribution >= 0.6 is 0 Å². The highest BCUT2D eigenvalue weighted by molar-refractivity contribution is 6.04. The lowest BCUT2D eigenvalue weighted by Gasteiger charge is -2.19. The van der Waals surface area contributed by atoms with Gasteiger partial charge in [-0.05, 0) is 92.6 Å². The van der Waals surface area contributed by atoms with E-state index in [9.17, 15) is 31.9 Å². The molecule has 59 heavy (non-hydrogen) atoms. The summed E-state index contributed by atoms with van der Waals surface area (Å²) in [5.74, 6) is -2.04. The van der Waals surface area contributed by atoms with Crippen molar-refractivity contribution in [3.63, 3.8) is 0 Å². The molecule has 4 aromatic heterocycles. The van der Waals surface area contributed by atoms with Crippen molar-refractivity contribution in [1.29, 1.82) is 0 Å². The lowest BCUT2D eigenvalue weighted by Crippen LogP contribution is -2.26. The van der Waals surface area contributed by atoms with Crippen LogP contribution in [0.4, 0.5) is 22.4 Å². The first kappa shape index (κ1) is 40.3. The SMILES string of the molecule is CC(=O)c1oc2c(-c3cc[nH]c3)cc(F)cc2c1Cc1cccc(F)c1.CC(=O)c1oc2c(-c3ccn(C(=O)OC(C)(C)C)c3)cc(F)cc2c1Cc1cccc(F)c1. The predicted octanol–water partition coefficient (Wildman–Crippen LogP) is 12.3. The van der Waals surface area contributed by atoms with Gasteiger partial charge in [-0.15, -0.1) is 0 Å². The molecule has 4 heterocycles. The van der Waals surface area contributed by atoms with Crippen LogP contribution < -0.4 is 0 Å². The zero-order valence-electron chi connectivity index (χ0n) is 32.7. The summed E-state index contributed by atoms with van der Waals surface area (Å²) in [4.78, 5) is 39.7. The van der Waals surface area contributed by atoms with E-state index in [0.717, 1.165) is 5.56 Å². The average Bonchev–Trinajstić information content (AvgIpc) is 3.98.